The van der Waals surface area contributed by atoms with E-state index in [4.69, 9.17) is 0 Å². The molecule has 0 radical (unpaired) electrons. The van der Waals surface area contributed by atoms with Crippen LogP contribution in [0.25, 0.3) is 88.3 Å². The number of anilines is 3. The monoisotopic (exact) mass is 808 g/mol. The van der Waals surface area contributed by atoms with Gasteiger partial charge in [-0.05, 0) is 119 Å². The number of benzene rings is 11. The van der Waals surface area contributed by atoms with E-state index in [1.165, 1.54) is 10.8 Å². The zero-order chi connectivity index (χ0) is 48.0. The summed E-state index contributed by atoms with van der Waals surface area (Å²) < 4.78 is 68.9. The minimum absolute atomic E-state index is 0.00292. The molecule has 11 aromatic rings. The molecule has 0 amide bonds. The van der Waals surface area contributed by atoms with Gasteiger partial charge in [0.05, 0.1) is 15.3 Å². The number of fused-ring (bicyclic) bond motifs is 2. The van der Waals surface area contributed by atoms with Crippen LogP contribution in [-0.4, -0.2) is 0 Å². The molecular formula is C62H43N. The Morgan fingerprint density at radius 2 is 0.762 bits per heavy atom. The average Bonchev–Trinajstić information content (AvgIpc) is 3.41. The fourth-order valence-corrected chi connectivity index (χ4v) is 8.57. The van der Waals surface area contributed by atoms with E-state index < -0.39 is 0 Å². The normalized spacial score (nSPS) is 12.7. The van der Waals surface area contributed by atoms with Gasteiger partial charge in [0.25, 0.3) is 0 Å². The van der Waals surface area contributed by atoms with Crippen LogP contribution in [-0.2, 0) is 0 Å². The molecule has 1 heteroatoms. The van der Waals surface area contributed by atoms with E-state index >= 15 is 0 Å². The molecular weight excluding hydrogens is 759 g/mol. The zero-order valence-corrected chi connectivity index (χ0v) is 34.2. The van der Waals surface area contributed by atoms with Gasteiger partial charge >= 0.3 is 0 Å². The minimum Gasteiger partial charge on any atom is -0.310 e. The predicted molar refractivity (Wildman–Crippen MR) is 269 cm³/mol. The second kappa shape index (κ2) is 16.7. The van der Waals surface area contributed by atoms with Gasteiger partial charge in [-0.25, -0.2) is 0 Å². The molecule has 0 aliphatic rings. The highest BCUT2D eigenvalue weighted by molar-refractivity contribution is 6.04. The first kappa shape index (κ1) is 30.7. The number of hydrogen-bond donors (Lipinski definition) is 0. The van der Waals surface area contributed by atoms with Gasteiger partial charge < -0.3 is 4.90 Å². The SMILES string of the molecule is [2H]c1c([2H])c(N(c2ccc(-c3ccc(-c4cccc5ccccc45)cc3)cc2)c2c([2H])c([2H])c(-c3ccc4ccccc4c3-c3ccccc3)c([2H])c2[2H])c(-c2ccccc2)c([2H])c1-c1ccccc1. The molecule has 0 N–H and O–H groups in total. The maximum atomic E-state index is 9.95. The summed E-state index contributed by atoms with van der Waals surface area (Å²) in [4.78, 5) is 1.56. The van der Waals surface area contributed by atoms with Crippen LogP contribution in [0.1, 0.15) is 9.60 Å². The molecule has 63 heavy (non-hydrogen) atoms. The van der Waals surface area contributed by atoms with Gasteiger partial charge in [0.1, 0.15) is 0 Å². The summed E-state index contributed by atoms with van der Waals surface area (Å²) in [6.07, 6.45) is 0. The topological polar surface area (TPSA) is 3.24 Å². The van der Waals surface area contributed by atoms with Gasteiger partial charge in [-0.3, -0.25) is 0 Å². The van der Waals surface area contributed by atoms with Crippen molar-refractivity contribution in [1.29, 1.82) is 0 Å². The van der Waals surface area contributed by atoms with Crippen LogP contribution < -0.4 is 4.90 Å². The Bertz CT molecular complexity index is 3730. The maximum Gasteiger partial charge on any atom is 0.0645 e. The molecule has 11 aromatic carbocycles. The van der Waals surface area contributed by atoms with Crippen LogP contribution >= 0.6 is 0 Å². The minimum atomic E-state index is -0.333. The molecule has 0 aromatic heterocycles. The second-order valence-corrected chi connectivity index (χ2v) is 15.5. The van der Waals surface area contributed by atoms with Crippen molar-refractivity contribution in [2.75, 3.05) is 4.90 Å². The Kier molecular flexibility index (Phi) is 8.12. The first-order valence-electron chi connectivity index (χ1n) is 24.6. The van der Waals surface area contributed by atoms with Crippen LogP contribution in [0.3, 0.4) is 0 Å². The van der Waals surface area contributed by atoms with Crippen LogP contribution in [0.5, 0.6) is 0 Å². The molecule has 0 atom stereocenters. The fourth-order valence-electron chi connectivity index (χ4n) is 8.57. The van der Waals surface area contributed by atoms with Crippen LogP contribution in [0, 0.1) is 0 Å². The highest BCUT2D eigenvalue weighted by Gasteiger charge is 2.20. The molecule has 0 aliphatic carbocycles. The quantitative estimate of drug-likeness (QED) is 0.140. The molecule has 11 rings (SSSR count). The lowest BCUT2D eigenvalue weighted by molar-refractivity contribution is 1.28. The van der Waals surface area contributed by atoms with E-state index in [0.717, 1.165) is 44.2 Å². The molecule has 0 spiro atoms. The van der Waals surface area contributed by atoms with Gasteiger partial charge in [0, 0.05) is 16.9 Å². The second-order valence-electron chi connectivity index (χ2n) is 15.5. The number of nitrogens with zero attached hydrogens (tertiary/aromatic N) is 1. The van der Waals surface area contributed by atoms with Gasteiger partial charge in [-0.1, -0.05) is 224 Å². The standard InChI is InChI=1S/C62H43N/c1-4-15-44(16-5-1)53-36-42-61(60(43-53)48-17-6-2-7-18-48)63(54-37-31-46(32-38-54)45-27-29-50(30-28-45)57-26-14-23-47-19-10-12-24-56(47)57)55-39-33-51(34-40-55)59-41-35-49-20-11-13-25-58(49)62(59)52-21-8-3-9-22-52/h1-43H/i33D,34D,36D,39D,40D,42D,43D. The molecule has 0 aliphatic heterocycles. The molecule has 0 unspecified atom stereocenters. The summed E-state index contributed by atoms with van der Waals surface area (Å²) in [7, 11) is 0. The van der Waals surface area contributed by atoms with Crippen molar-refractivity contribution in [2.24, 2.45) is 0 Å². The summed E-state index contributed by atoms with van der Waals surface area (Å²) in [6, 6.07) is 69.0. The molecule has 0 fully saturated rings. The predicted octanol–water partition coefficient (Wildman–Crippen LogP) is 17.5. The van der Waals surface area contributed by atoms with Gasteiger partial charge in [0.2, 0.25) is 0 Å². The largest absolute Gasteiger partial charge is 0.310 e. The average molecular weight is 809 g/mol. The zero-order valence-electron chi connectivity index (χ0n) is 41.2. The Hall–Kier alpha value is -8.26. The van der Waals surface area contributed by atoms with Crippen molar-refractivity contribution in [2.45, 2.75) is 0 Å². The number of rotatable bonds is 9. The molecule has 0 bridgehead atoms. The van der Waals surface area contributed by atoms with E-state index in [1.54, 1.807) is 4.90 Å². The fraction of sp³-hybridized carbons (Fsp3) is 0. The molecule has 0 saturated carbocycles. The number of hydrogen-bond acceptors (Lipinski definition) is 1. The first-order chi connectivity index (χ1) is 34.2. The Balaban J connectivity index is 1.13. The van der Waals surface area contributed by atoms with Crippen molar-refractivity contribution in [3.05, 3.63) is 261 Å². The van der Waals surface area contributed by atoms with Crippen molar-refractivity contribution < 1.29 is 9.60 Å². The lowest BCUT2D eigenvalue weighted by Gasteiger charge is -2.29. The summed E-state index contributed by atoms with van der Waals surface area (Å²) in [6.45, 7) is 0. The Morgan fingerprint density at radius 3 is 1.44 bits per heavy atom. The third kappa shape index (κ3) is 7.37. The van der Waals surface area contributed by atoms with Crippen molar-refractivity contribution in [1.82, 2.24) is 0 Å². The van der Waals surface area contributed by atoms with Crippen molar-refractivity contribution >= 4 is 38.6 Å². The summed E-state index contributed by atoms with van der Waals surface area (Å²) in [5.41, 5.74) is 8.64. The Morgan fingerprint density at radius 1 is 0.270 bits per heavy atom. The Labute approximate surface area is 379 Å². The molecule has 296 valence electrons. The lowest BCUT2D eigenvalue weighted by Crippen LogP contribution is -2.11. The van der Waals surface area contributed by atoms with Gasteiger partial charge in [-0.2, -0.15) is 0 Å². The summed E-state index contributed by atoms with van der Waals surface area (Å²) in [5, 5.41) is 4.22. The van der Waals surface area contributed by atoms with Gasteiger partial charge in [-0.15, -0.1) is 0 Å². The lowest BCUT2D eigenvalue weighted by atomic mass is 9.89. The van der Waals surface area contributed by atoms with E-state index in [9.17, 15) is 9.60 Å². The third-order valence-electron chi connectivity index (χ3n) is 11.7. The smallest absolute Gasteiger partial charge is 0.0645 e. The highest BCUT2D eigenvalue weighted by Crippen LogP contribution is 2.45. The van der Waals surface area contributed by atoms with E-state index in [1.807, 2.05) is 158 Å². The molecule has 0 heterocycles. The highest BCUT2D eigenvalue weighted by atomic mass is 15.1. The van der Waals surface area contributed by atoms with E-state index in [2.05, 4.69) is 60.7 Å². The summed E-state index contributed by atoms with van der Waals surface area (Å²) >= 11 is 0. The maximum absolute atomic E-state index is 9.95. The summed E-state index contributed by atoms with van der Waals surface area (Å²) in [5.74, 6) is 0. The van der Waals surface area contributed by atoms with Crippen molar-refractivity contribution in [3.63, 3.8) is 0 Å². The molecule has 0 saturated heterocycles. The van der Waals surface area contributed by atoms with E-state index in [0.29, 0.717) is 27.9 Å². The van der Waals surface area contributed by atoms with Crippen LogP contribution in [0.2, 0.25) is 0 Å². The molecule has 1 nitrogen and oxygen atoms in total. The van der Waals surface area contributed by atoms with Crippen molar-refractivity contribution in [3.8, 4) is 66.8 Å². The van der Waals surface area contributed by atoms with Crippen LogP contribution in [0.15, 0.2) is 261 Å². The third-order valence-corrected chi connectivity index (χ3v) is 11.7. The van der Waals surface area contributed by atoms with Gasteiger partial charge in [0.15, 0.2) is 0 Å². The van der Waals surface area contributed by atoms with Crippen LogP contribution in [0.4, 0.5) is 17.1 Å². The van der Waals surface area contributed by atoms with E-state index in [-0.39, 0.29) is 64.8 Å². The first-order valence-corrected chi connectivity index (χ1v) is 21.1.